The van der Waals surface area contributed by atoms with Crippen LogP contribution in [0, 0.1) is 6.92 Å². The number of aromatic nitrogens is 3. The van der Waals surface area contributed by atoms with Gasteiger partial charge in [0, 0.05) is 17.3 Å². The number of hydrogen-bond acceptors (Lipinski definition) is 4. The molecule has 0 bridgehead atoms. The SMILES string of the molecule is Cc1sc(-c2cn3ccccc3n2)nc1C(=O)O. The molecule has 0 spiro atoms. The molecule has 0 unspecified atom stereocenters. The molecule has 3 heterocycles. The first-order valence-corrected chi connectivity index (χ1v) is 6.11. The van der Waals surface area contributed by atoms with Crippen LogP contribution in [-0.2, 0) is 0 Å². The van der Waals surface area contributed by atoms with Crippen molar-refractivity contribution in [1.29, 1.82) is 0 Å². The van der Waals surface area contributed by atoms with E-state index in [1.54, 1.807) is 6.92 Å². The molecule has 3 aromatic rings. The van der Waals surface area contributed by atoms with E-state index < -0.39 is 5.97 Å². The van der Waals surface area contributed by atoms with Gasteiger partial charge < -0.3 is 9.51 Å². The highest BCUT2D eigenvalue weighted by Gasteiger charge is 2.16. The number of fused-ring (bicyclic) bond motifs is 1. The van der Waals surface area contributed by atoms with Gasteiger partial charge in [-0.1, -0.05) is 6.07 Å². The first kappa shape index (κ1) is 10.9. The van der Waals surface area contributed by atoms with Gasteiger partial charge in [-0.2, -0.15) is 0 Å². The molecule has 1 N–H and O–H groups in total. The fourth-order valence-corrected chi connectivity index (χ4v) is 2.60. The molecule has 3 aromatic heterocycles. The highest BCUT2D eigenvalue weighted by molar-refractivity contribution is 7.15. The van der Waals surface area contributed by atoms with Crippen molar-refractivity contribution in [2.45, 2.75) is 6.92 Å². The number of aromatic carboxylic acids is 1. The summed E-state index contributed by atoms with van der Waals surface area (Å²) in [5, 5.41) is 9.62. The molecule has 90 valence electrons. The largest absolute Gasteiger partial charge is 0.476 e. The summed E-state index contributed by atoms with van der Waals surface area (Å²) in [6.07, 6.45) is 3.74. The van der Waals surface area contributed by atoms with Gasteiger partial charge in [0.2, 0.25) is 0 Å². The van der Waals surface area contributed by atoms with Gasteiger partial charge in [-0.05, 0) is 19.1 Å². The van der Waals surface area contributed by atoms with Crippen molar-refractivity contribution in [3.63, 3.8) is 0 Å². The molecule has 0 radical (unpaired) electrons. The van der Waals surface area contributed by atoms with E-state index >= 15 is 0 Å². The Hall–Kier alpha value is -2.21. The molecule has 18 heavy (non-hydrogen) atoms. The molecule has 0 amide bonds. The van der Waals surface area contributed by atoms with E-state index in [0.29, 0.717) is 15.6 Å². The maximum absolute atomic E-state index is 11.0. The van der Waals surface area contributed by atoms with Crippen molar-refractivity contribution in [3.8, 4) is 10.7 Å². The Morgan fingerprint density at radius 3 is 2.89 bits per heavy atom. The molecule has 0 saturated carbocycles. The zero-order chi connectivity index (χ0) is 12.7. The van der Waals surface area contributed by atoms with E-state index in [4.69, 9.17) is 5.11 Å². The van der Waals surface area contributed by atoms with Gasteiger partial charge in [-0.25, -0.2) is 14.8 Å². The third-order valence-corrected chi connectivity index (χ3v) is 3.58. The fourth-order valence-electron chi connectivity index (χ4n) is 1.74. The standard InChI is InChI=1S/C12H9N3O2S/c1-7-10(12(16)17)14-11(18-7)8-6-15-5-3-2-4-9(15)13-8/h2-6H,1H3,(H,16,17). The molecule has 0 fully saturated rings. The molecule has 0 aromatic carbocycles. The zero-order valence-corrected chi connectivity index (χ0v) is 10.3. The first-order chi connectivity index (χ1) is 8.65. The summed E-state index contributed by atoms with van der Waals surface area (Å²) in [6, 6.07) is 5.71. The van der Waals surface area contributed by atoms with Crippen molar-refractivity contribution in [2.75, 3.05) is 0 Å². The van der Waals surface area contributed by atoms with Gasteiger partial charge in [0.15, 0.2) is 5.69 Å². The van der Waals surface area contributed by atoms with Crippen LogP contribution in [0.5, 0.6) is 0 Å². The lowest BCUT2D eigenvalue weighted by Gasteiger charge is -1.86. The first-order valence-electron chi connectivity index (χ1n) is 5.30. The zero-order valence-electron chi connectivity index (χ0n) is 9.49. The number of carboxylic acids is 1. The van der Waals surface area contributed by atoms with Gasteiger partial charge >= 0.3 is 5.97 Å². The van der Waals surface area contributed by atoms with Gasteiger partial charge in [0.25, 0.3) is 0 Å². The summed E-state index contributed by atoms with van der Waals surface area (Å²) in [4.78, 5) is 20.2. The second-order valence-corrected chi connectivity index (χ2v) is 5.02. The number of carboxylic acid groups (broad SMARTS) is 1. The summed E-state index contributed by atoms with van der Waals surface area (Å²) in [5.41, 5.74) is 1.62. The number of carbonyl (C=O) groups is 1. The molecule has 0 aliphatic carbocycles. The number of imidazole rings is 1. The third kappa shape index (κ3) is 1.67. The van der Waals surface area contributed by atoms with Crippen LogP contribution in [0.3, 0.4) is 0 Å². The average Bonchev–Trinajstić information content (AvgIpc) is 2.91. The second kappa shape index (κ2) is 3.92. The van der Waals surface area contributed by atoms with E-state index in [1.807, 2.05) is 35.0 Å². The highest BCUT2D eigenvalue weighted by atomic mass is 32.1. The minimum Gasteiger partial charge on any atom is -0.476 e. The summed E-state index contributed by atoms with van der Waals surface area (Å²) in [7, 11) is 0. The highest BCUT2D eigenvalue weighted by Crippen LogP contribution is 2.27. The van der Waals surface area contributed by atoms with Crippen molar-refractivity contribution >= 4 is 23.0 Å². The number of nitrogens with zero attached hydrogens (tertiary/aromatic N) is 3. The van der Waals surface area contributed by atoms with Gasteiger partial charge in [0.1, 0.15) is 16.3 Å². The third-order valence-electron chi connectivity index (χ3n) is 2.58. The minimum absolute atomic E-state index is 0.104. The van der Waals surface area contributed by atoms with Gasteiger partial charge in [-0.3, -0.25) is 0 Å². The van der Waals surface area contributed by atoms with E-state index in [1.165, 1.54) is 11.3 Å². The smallest absolute Gasteiger partial charge is 0.355 e. The lowest BCUT2D eigenvalue weighted by atomic mass is 10.4. The molecule has 6 heteroatoms. The van der Waals surface area contributed by atoms with Crippen LogP contribution < -0.4 is 0 Å². The number of hydrogen-bond donors (Lipinski definition) is 1. The maximum atomic E-state index is 11.0. The molecule has 0 aliphatic heterocycles. The Labute approximate surface area is 106 Å². The van der Waals surface area contributed by atoms with Crippen LogP contribution in [0.25, 0.3) is 16.3 Å². The molecule has 0 atom stereocenters. The number of rotatable bonds is 2. The van der Waals surface area contributed by atoms with Crippen molar-refractivity contribution in [2.24, 2.45) is 0 Å². The molecule has 0 aliphatic rings. The van der Waals surface area contributed by atoms with E-state index in [2.05, 4.69) is 9.97 Å². The maximum Gasteiger partial charge on any atom is 0.355 e. The summed E-state index contributed by atoms with van der Waals surface area (Å²) in [5.74, 6) is -1.00. The van der Waals surface area contributed by atoms with Gasteiger partial charge in [0.05, 0.1) is 0 Å². The fraction of sp³-hybridized carbons (Fsp3) is 0.0833. The molecular formula is C12H9N3O2S. The minimum atomic E-state index is -1.00. The van der Waals surface area contributed by atoms with E-state index in [9.17, 15) is 4.79 Å². The molecule has 0 saturated heterocycles. The predicted octanol–water partition coefficient (Wildman–Crippen LogP) is 2.46. The van der Waals surface area contributed by atoms with Crippen LogP contribution in [0.15, 0.2) is 30.6 Å². The van der Waals surface area contributed by atoms with E-state index in [-0.39, 0.29) is 5.69 Å². The Morgan fingerprint density at radius 1 is 1.39 bits per heavy atom. The van der Waals surface area contributed by atoms with Crippen LogP contribution in [0.4, 0.5) is 0 Å². The Morgan fingerprint density at radius 2 is 2.22 bits per heavy atom. The van der Waals surface area contributed by atoms with Crippen molar-refractivity contribution in [1.82, 2.24) is 14.4 Å². The monoisotopic (exact) mass is 259 g/mol. The van der Waals surface area contributed by atoms with Crippen molar-refractivity contribution < 1.29 is 9.90 Å². The van der Waals surface area contributed by atoms with E-state index in [0.717, 1.165) is 5.65 Å². The predicted molar refractivity (Wildman–Crippen MR) is 68.0 cm³/mol. The van der Waals surface area contributed by atoms with Crippen LogP contribution in [0.1, 0.15) is 15.4 Å². The van der Waals surface area contributed by atoms with Gasteiger partial charge in [-0.15, -0.1) is 11.3 Å². The summed E-state index contributed by atoms with van der Waals surface area (Å²) >= 11 is 1.34. The Balaban J connectivity index is 2.14. The Bertz CT molecular complexity index is 712. The summed E-state index contributed by atoms with van der Waals surface area (Å²) in [6.45, 7) is 1.75. The number of pyridine rings is 1. The quantitative estimate of drug-likeness (QED) is 0.767. The van der Waals surface area contributed by atoms with Crippen LogP contribution in [0.2, 0.25) is 0 Å². The molecule has 5 nitrogen and oxygen atoms in total. The Kier molecular flexibility index (Phi) is 2.38. The van der Waals surface area contributed by atoms with Crippen LogP contribution >= 0.6 is 11.3 Å². The second-order valence-electron chi connectivity index (χ2n) is 3.82. The lowest BCUT2D eigenvalue weighted by Crippen LogP contribution is -1.98. The molecule has 3 rings (SSSR count). The van der Waals surface area contributed by atoms with Crippen molar-refractivity contribution in [3.05, 3.63) is 41.2 Å². The lowest BCUT2D eigenvalue weighted by molar-refractivity contribution is 0.0690. The number of aryl methyl sites for hydroxylation is 1. The number of thiazole rings is 1. The summed E-state index contributed by atoms with van der Waals surface area (Å²) < 4.78 is 1.88. The average molecular weight is 259 g/mol. The topological polar surface area (TPSA) is 67.5 Å². The normalized spacial score (nSPS) is 10.9. The molecular weight excluding hydrogens is 250 g/mol. The van der Waals surface area contributed by atoms with Crippen LogP contribution in [-0.4, -0.2) is 25.4 Å².